The summed E-state index contributed by atoms with van der Waals surface area (Å²) in [6, 6.07) is 12.3. The number of hydrogen-bond acceptors (Lipinski definition) is 4. The molecule has 18 heavy (non-hydrogen) atoms. The number of hydrogen-bond donors (Lipinski definition) is 2. The molecule has 2 nitrogen and oxygen atoms in total. The van der Waals surface area contributed by atoms with Gasteiger partial charge in [-0.15, -0.1) is 22.7 Å². The minimum Gasteiger partial charge on any atom is -0.399 e. The molecule has 0 aliphatic carbocycles. The minimum absolute atomic E-state index is 0.824. The van der Waals surface area contributed by atoms with Gasteiger partial charge in [-0.05, 0) is 24.3 Å². The molecule has 2 aromatic carbocycles. The van der Waals surface area contributed by atoms with Crippen molar-refractivity contribution >= 4 is 63.6 Å². The second kappa shape index (κ2) is 3.37. The fourth-order valence-corrected chi connectivity index (χ4v) is 5.04. The Kier molecular flexibility index (Phi) is 1.90. The number of rotatable bonds is 0. The first-order chi connectivity index (χ1) is 8.72. The molecule has 0 aliphatic rings. The summed E-state index contributed by atoms with van der Waals surface area (Å²) in [4.78, 5) is 0. The molecule has 0 amide bonds. The molecule has 0 fully saturated rings. The normalized spacial score (nSPS) is 11.8. The van der Waals surface area contributed by atoms with E-state index in [-0.39, 0.29) is 0 Å². The van der Waals surface area contributed by atoms with Gasteiger partial charge in [0.2, 0.25) is 0 Å². The summed E-state index contributed by atoms with van der Waals surface area (Å²) < 4.78 is 5.20. The highest BCUT2D eigenvalue weighted by Gasteiger charge is 2.11. The molecule has 4 N–H and O–H groups in total. The molecule has 4 aromatic rings. The van der Waals surface area contributed by atoms with Gasteiger partial charge in [-0.3, -0.25) is 0 Å². The molecule has 0 atom stereocenters. The van der Waals surface area contributed by atoms with E-state index in [1.54, 1.807) is 0 Å². The highest BCUT2D eigenvalue weighted by Crippen LogP contribution is 2.44. The monoisotopic (exact) mass is 270 g/mol. The molecule has 4 heteroatoms. The number of thiophene rings is 2. The summed E-state index contributed by atoms with van der Waals surface area (Å²) in [6.07, 6.45) is 0. The lowest BCUT2D eigenvalue weighted by atomic mass is 10.2. The number of benzene rings is 2. The van der Waals surface area contributed by atoms with Crippen molar-refractivity contribution in [3.05, 3.63) is 36.4 Å². The summed E-state index contributed by atoms with van der Waals surface area (Å²) >= 11 is 3.61. The van der Waals surface area contributed by atoms with Gasteiger partial charge in [-0.25, -0.2) is 0 Å². The van der Waals surface area contributed by atoms with E-state index in [0.717, 1.165) is 11.4 Å². The quantitative estimate of drug-likeness (QED) is 0.464. The predicted molar refractivity (Wildman–Crippen MR) is 83.5 cm³/mol. The molecule has 0 unspecified atom stereocenters. The van der Waals surface area contributed by atoms with Gasteiger partial charge in [0.25, 0.3) is 0 Å². The van der Waals surface area contributed by atoms with Gasteiger partial charge in [-0.2, -0.15) is 0 Å². The maximum Gasteiger partial charge on any atom is 0.0542 e. The van der Waals surface area contributed by atoms with Crippen molar-refractivity contribution in [2.45, 2.75) is 0 Å². The second-order valence-corrected chi connectivity index (χ2v) is 6.48. The van der Waals surface area contributed by atoms with E-state index in [1.165, 1.54) is 29.6 Å². The summed E-state index contributed by atoms with van der Waals surface area (Å²) in [5.41, 5.74) is 13.3. The van der Waals surface area contributed by atoms with Gasteiger partial charge in [0.15, 0.2) is 0 Å². The van der Waals surface area contributed by atoms with Gasteiger partial charge in [0.1, 0.15) is 0 Å². The Balaban J connectivity index is 2.23. The van der Waals surface area contributed by atoms with Crippen molar-refractivity contribution in [3.8, 4) is 0 Å². The van der Waals surface area contributed by atoms with Crippen LogP contribution in [0.1, 0.15) is 0 Å². The van der Waals surface area contributed by atoms with Gasteiger partial charge >= 0.3 is 0 Å². The van der Waals surface area contributed by atoms with Crippen molar-refractivity contribution in [3.63, 3.8) is 0 Å². The number of anilines is 2. The molecular weight excluding hydrogens is 260 g/mol. The second-order valence-electron chi connectivity index (χ2n) is 4.37. The van der Waals surface area contributed by atoms with E-state index in [9.17, 15) is 0 Å². The van der Waals surface area contributed by atoms with E-state index < -0.39 is 0 Å². The van der Waals surface area contributed by atoms with E-state index in [4.69, 9.17) is 11.5 Å². The molecule has 0 aliphatic heterocycles. The first-order valence-electron chi connectivity index (χ1n) is 5.62. The predicted octanol–water partition coefficient (Wildman–Crippen LogP) is 4.43. The topological polar surface area (TPSA) is 52.0 Å². The maximum absolute atomic E-state index is 5.84. The van der Waals surface area contributed by atoms with Gasteiger partial charge in [0, 0.05) is 31.5 Å². The van der Waals surface area contributed by atoms with Crippen LogP contribution in [0.2, 0.25) is 0 Å². The summed E-state index contributed by atoms with van der Waals surface area (Å²) in [7, 11) is 0. The highest BCUT2D eigenvalue weighted by molar-refractivity contribution is 7.36. The molecule has 0 radical (unpaired) electrons. The zero-order valence-corrected chi connectivity index (χ0v) is 11.1. The van der Waals surface area contributed by atoms with Crippen LogP contribution in [0, 0.1) is 0 Å². The third-order valence-electron chi connectivity index (χ3n) is 3.13. The molecule has 0 saturated carbocycles. The van der Waals surface area contributed by atoms with Gasteiger partial charge in [0.05, 0.1) is 9.40 Å². The largest absolute Gasteiger partial charge is 0.399 e. The first kappa shape index (κ1) is 10.2. The Labute approximate surface area is 111 Å². The van der Waals surface area contributed by atoms with Crippen molar-refractivity contribution in [2.75, 3.05) is 11.5 Å². The average molecular weight is 270 g/mol. The Morgan fingerprint density at radius 3 is 1.56 bits per heavy atom. The molecule has 0 spiro atoms. The summed E-state index contributed by atoms with van der Waals surface area (Å²) in [6.45, 7) is 0. The Morgan fingerprint density at radius 2 is 1.11 bits per heavy atom. The fraction of sp³-hybridized carbons (Fsp3) is 0. The third kappa shape index (κ3) is 1.27. The van der Waals surface area contributed by atoms with Crippen molar-refractivity contribution in [1.29, 1.82) is 0 Å². The lowest BCUT2D eigenvalue weighted by molar-refractivity contribution is 1.80. The Hall–Kier alpha value is -1.78. The fourth-order valence-electron chi connectivity index (χ4n) is 2.29. The van der Waals surface area contributed by atoms with Crippen LogP contribution in [0.3, 0.4) is 0 Å². The summed E-state index contributed by atoms with van der Waals surface area (Å²) in [5, 5.41) is 2.59. The number of nitrogens with two attached hydrogens (primary N) is 2. The third-order valence-corrected chi connectivity index (χ3v) is 5.63. The molecule has 0 saturated heterocycles. The first-order valence-corrected chi connectivity index (χ1v) is 7.25. The average Bonchev–Trinajstić information content (AvgIpc) is 2.83. The van der Waals surface area contributed by atoms with Gasteiger partial charge in [-0.1, -0.05) is 12.1 Å². The van der Waals surface area contributed by atoms with E-state index in [2.05, 4.69) is 24.3 Å². The van der Waals surface area contributed by atoms with E-state index in [0.29, 0.717) is 0 Å². The van der Waals surface area contributed by atoms with Crippen LogP contribution in [0.15, 0.2) is 36.4 Å². The lowest BCUT2D eigenvalue weighted by Crippen LogP contribution is -1.81. The van der Waals surface area contributed by atoms with E-state index in [1.807, 2.05) is 34.8 Å². The molecule has 0 bridgehead atoms. The molecule has 4 rings (SSSR count). The zero-order chi connectivity index (χ0) is 12.3. The molecule has 2 heterocycles. The van der Waals surface area contributed by atoms with Crippen LogP contribution in [0.25, 0.3) is 29.6 Å². The Bertz CT molecular complexity index is 826. The van der Waals surface area contributed by atoms with Gasteiger partial charge < -0.3 is 11.5 Å². The standard InChI is InChI=1S/C14H10N2S2/c15-7-1-3-9-11(5-7)17-14-10-4-2-8(16)6-12(10)18-13(9)14/h1-6H,15-16H2. The van der Waals surface area contributed by atoms with Crippen molar-refractivity contribution in [2.24, 2.45) is 0 Å². The maximum atomic E-state index is 5.84. The molecule has 2 aromatic heterocycles. The van der Waals surface area contributed by atoms with Crippen LogP contribution in [0.4, 0.5) is 11.4 Å². The van der Waals surface area contributed by atoms with Crippen LogP contribution < -0.4 is 11.5 Å². The highest BCUT2D eigenvalue weighted by atomic mass is 32.1. The van der Waals surface area contributed by atoms with Crippen LogP contribution in [0.5, 0.6) is 0 Å². The molecule has 88 valence electrons. The smallest absolute Gasteiger partial charge is 0.0542 e. The number of fused-ring (bicyclic) bond motifs is 5. The van der Waals surface area contributed by atoms with Crippen LogP contribution >= 0.6 is 22.7 Å². The lowest BCUT2D eigenvalue weighted by Gasteiger charge is -1.93. The zero-order valence-electron chi connectivity index (χ0n) is 9.44. The SMILES string of the molecule is Nc1ccc2c(c1)sc1c3ccc(N)cc3sc21. The number of nitrogen functional groups attached to an aromatic ring is 2. The van der Waals surface area contributed by atoms with Crippen molar-refractivity contribution in [1.82, 2.24) is 0 Å². The van der Waals surface area contributed by atoms with Crippen molar-refractivity contribution < 1.29 is 0 Å². The Morgan fingerprint density at radius 1 is 0.667 bits per heavy atom. The molecular formula is C14H10N2S2. The summed E-state index contributed by atoms with van der Waals surface area (Å²) in [5.74, 6) is 0. The van der Waals surface area contributed by atoms with Crippen LogP contribution in [-0.4, -0.2) is 0 Å². The minimum atomic E-state index is 0.824. The van der Waals surface area contributed by atoms with E-state index >= 15 is 0 Å². The van der Waals surface area contributed by atoms with Crippen LogP contribution in [-0.2, 0) is 0 Å².